The molecule has 7 heteroatoms. The zero-order chi connectivity index (χ0) is 21.8. The lowest BCUT2D eigenvalue weighted by Crippen LogP contribution is -2.23. The second-order valence-corrected chi connectivity index (χ2v) is 8.81. The van der Waals surface area contributed by atoms with Gasteiger partial charge in [-0.3, -0.25) is 4.79 Å². The number of carbonyl (C=O) groups is 1. The third kappa shape index (κ3) is 3.31. The van der Waals surface area contributed by atoms with Crippen molar-refractivity contribution < 1.29 is 27.3 Å². The molecule has 1 aliphatic rings. The molecule has 1 atom stereocenters. The smallest absolute Gasteiger partial charge is 0.405 e. The summed E-state index contributed by atoms with van der Waals surface area (Å²) in [6, 6.07) is 13.0. The SMILES string of the molecule is Cc1cc(C)c(C(=O)c2c(OC(F)(F)F)ccc3c2[P+](=O)c2ccccc2-3)c(C)c1. The highest BCUT2D eigenvalue weighted by Crippen LogP contribution is 2.43. The Kier molecular flexibility index (Phi) is 4.78. The molecule has 3 aromatic rings. The zero-order valence-corrected chi connectivity index (χ0v) is 17.3. The Labute approximate surface area is 172 Å². The molecule has 4 rings (SSSR count). The summed E-state index contributed by atoms with van der Waals surface area (Å²) < 4.78 is 56.8. The highest BCUT2D eigenvalue weighted by molar-refractivity contribution is 7.63. The maximum Gasteiger partial charge on any atom is 0.573 e. The number of fused-ring (bicyclic) bond motifs is 3. The number of benzene rings is 3. The van der Waals surface area contributed by atoms with Crippen LogP contribution in [0.4, 0.5) is 13.2 Å². The van der Waals surface area contributed by atoms with E-state index < -0.39 is 25.7 Å². The molecule has 1 unspecified atom stereocenters. The minimum atomic E-state index is -4.99. The van der Waals surface area contributed by atoms with Gasteiger partial charge in [0.1, 0.15) is 11.3 Å². The summed E-state index contributed by atoms with van der Waals surface area (Å²) in [4.78, 5) is 13.6. The molecule has 152 valence electrons. The number of alkyl halides is 3. The second kappa shape index (κ2) is 7.06. The molecule has 3 nitrogen and oxygen atoms in total. The molecular weight excluding hydrogens is 412 g/mol. The van der Waals surface area contributed by atoms with Gasteiger partial charge in [0.15, 0.2) is 0 Å². The van der Waals surface area contributed by atoms with Gasteiger partial charge in [0.2, 0.25) is 16.4 Å². The summed E-state index contributed by atoms with van der Waals surface area (Å²) in [5.74, 6) is -1.26. The molecule has 0 radical (unpaired) electrons. The van der Waals surface area contributed by atoms with E-state index in [2.05, 4.69) is 4.74 Å². The van der Waals surface area contributed by atoms with Crippen molar-refractivity contribution in [3.05, 3.63) is 76.3 Å². The van der Waals surface area contributed by atoms with Crippen LogP contribution in [0.1, 0.15) is 32.6 Å². The van der Waals surface area contributed by atoms with Gasteiger partial charge < -0.3 is 4.74 Å². The first-order valence-electron chi connectivity index (χ1n) is 9.20. The first kappa shape index (κ1) is 20.3. The number of rotatable bonds is 3. The first-order valence-corrected chi connectivity index (χ1v) is 10.5. The third-order valence-corrected chi connectivity index (χ3v) is 6.81. The highest BCUT2D eigenvalue weighted by Gasteiger charge is 2.46. The third-order valence-electron chi connectivity index (χ3n) is 5.11. The molecular formula is C23H17F3O3P+. The van der Waals surface area contributed by atoms with Gasteiger partial charge in [0.05, 0.1) is 0 Å². The Morgan fingerprint density at radius 1 is 0.900 bits per heavy atom. The fraction of sp³-hybridized carbons (Fsp3) is 0.174. The van der Waals surface area contributed by atoms with Crippen molar-refractivity contribution in [2.75, 3.05) is 0 Å². The van der Waals surface area contributed by atoms with Gasteiger partial charge in [-0.05, 0) is 56.2 Å². The van der Waals surface area contributed by atoms with E-state index in [9.17, 15) is 22.5 Å². The quantitative estimate of drug-likeness (QED) is 0.319. The summed E-state index contributed by atoms with van der Waals surface area (Å²) >= 11 is 0. The molecule has 0 spiro atoms. The maximum absolute atomic E-state index is 13.6. The van der Waals surface area contributed by atoms with Gasteiger partial charge in [0, 0.05) is 16.7 Å². The molecule has 0 N–H and O–H groups in total. The average Bonchev–Trinajstić information content (AvgIpc) is 2.92. The van der Waals surface area contributed by atoms with Crippen molar-refractivity contribution in [2.24, 2.45) is 0 Å². The van der Waals surface area contributed by atoms with Crippen LogP contribution in [0.15, 0.2) is 48.5 Å². The molecule has 30 heavy (non-hydrogen) atoms. The molecule has 3 aromatic carbocycles. The van der Waals surface area contributed by atoms with E-state index in [0.29, 0.717) is 33.1 Å². The number of halogens is 3. The van der Waals surface area contributed by atoms with Crippen LogP contribution in [0, 0.1) is 20.8 Å². The Morgan fingerprint density at radius 3 is 2.17 bits per heavy atom. The van der Waals surface area contributed by atoms with Crippen LogP contribution in [-0.2, 0) is 4.57 Å². The predicted octanol–water partition coefficient (Wildman–Crippen LogP) is 5.50. The molecule has 1 heterocycles. The summed E-state index contributed by atoms with van der Waals surface area (Å²) in [5, 5.41) is 0.593. The second-order valence-electron chi connectivity index (χ2n) is 7.30. The summed E-state index contributed by atoms with van der Waals surface area (Å²) in [6.45, 7) is 5.34. The lowest BCUT2D eigenvalue weighted by Gasteiger charge is -2.15. The van der Waals surface area contributed by atoms with Crippen LogP contribution in [0.5, 0.6) is 5.75 Å². The van der Waals surface area contributed by atoms with Crippen molar-refractivity contribution in [1.82, 2.24) is 0 Å². The monoisotopic (exact) mass is 429 g/mol. The van der Waals surface area contributed by atoms with Gasteiger partial charge in [-0.15, -0.1) is 13.2 Å². The Hall–Kier alpha value is -2.98. The number of hydrogen-bond acceptors (Lipinski definition) is 3. The van der Waals surface area contributed by atoms with Gasteiger partial charge in [0.25, 0.3) is 0 Å². The van der Waals surface area contributed by atoms with E-state index >= 15 is 0 Å². The van der Waals surface area contributed by atoms with E-state index in [0.717, 1.165) is 11.6 Å². The van der Waals surface area contributed by atoms with Gasteiger partial charge in [-0.25, -0.2) is 0 Å². The summed E-state index contributed by atoms with van der Waals surface area (Å²) in [7, 11) is -2.24. The lowest BCUT2D eigenvalue weighted by atomic mass is 9.91. The number of carbonyl (C=O) groups excluding carboxylic acids is 1. The van der Waals surface area contributed by atoms with Gasteiger partial charge in [-0.2, -0.15) is 0 Å². The fourth-order valence-electron chi connectivity index (χ4n) is 4.09. The van der Waals surface area contributed by atoms with Crippen molar-refractivity contribution in [2.45, 2.75) is 27.1 Å². The van der Waals surface area contributed by atoms with Gasteiger partial charge in [-0.1, -0.05) is 34.4 Å². The number of ether oxygens (including phenoxy) is 1. The van der Waals surface area contributed by atoms with Crippen LogP contribution in [0.3, 0.4) is 0 Å². The normalized spacial score (nSPS) is 13.7. The first-order chi connectivity index (χ1) is 14.1. The Morgan fingerprint density at radius 2 is 1.53 bits per heavy atom. The van der Waals surface area contributed by atoms with E-state index in [1.165, 1.54) is 6.07 Å². The van der Waals surface area contributed by atoms with E-state index in [-0.39, 0.29) is 10.9 Å². The molecule has 1 aliphatic heterocycles. The Bertz CT molecular complexity index is 1210. The largest absolute Gasteiger partial charge is 0.573 e. The minimum absolute atomic E-state index is 0.0947. The van der Waals surface area contributed by atoms with Crippen LogP contribution < -0.4 is 15.3 Å². The molecule has 0 bridgehead atoms. The molecule has 0 fully saturated rings. The Balaban J connectivity index is 2.01. The molecule has 0 saturated carbocycles. The van der Waals surface area contributed by atoms with Crippen molar-refractivity contribution in [3.8, 4) is 16.9 Å². The standard InChI is InChI=1S/C23H17F3O3P/c1-12-10-13(2)19(14(3)11-12)21(27)20-17(29-23(24,25)26)9-8-16-15-6-4-5-7-18(15)30(28)22(16)20/h4-11H,1-3H3/q+1. The van der Waals surface area contributed by atoms with Crippen molar-refractivity contribution in [3.63, 3.8) is 0 Å². The van der Waals surface area contributed by atoms with Gasteiger partial charge >= 0.3 is 14.2 Å². The fourth-order valence-corrected chi connectivity index (χ4v) is 5.80. The number of ketones is 1. The molecule has 0 saturated heterocycles. The maximum atomic E-state index is 13.6. The van der Waals surface area contributed by atoms with Crippen LogP contribution in [0.25, 0.3) is 11.1 Å². The molecule has 0 aromatic heterocycles. The minimum Gasteiger partial charge on any atom is -0.405 e. The zero-order valence-electron chi connectivity index (χ0n) is 16.4. The highest BCUT2D eigenvalue weighted by atomic mass is 31.1. The molecule has 0 amide bonds. The lowest BCUT2D eigenvalue weighted by molar-refractivity contribution is -0.274. The van der Waals surface area contributed by atoms with Crippen molar-refractivity contribution >= 4 is 24.2 Å². The predicted molar refractivity (Wildman–Crippen MR) is 110 cm³/mol. The summed E-state index contributed by atoms with van der Waals surface area (Å²) in [5.41, 5.74) is 3.35. The van der Waals surface area contributed by atoms with E-state index in [4.69, 9.17) is 0 Å². The van der Waals surface area contributed by atoms with Crippen LogP contribution >= 0.6 is 7.80 Å². The average molecular weight is 429 g/mol. The number of hydrogen-bond donors (Lipinski definition) is 0. The van der Waals surface area contributed by atoms with Crippen LogP contribution in [0.2, 0.25) is 0 Å². The molecule has 0 aliphatic carbocycles. The number of aryl methyl sites for hydroxylation is 3. The topological polar surface area (TPSA) is 43.4 Å². The summed E-state index contributed by atoms with van der Waals surface area (Å²) in [6.07, 6.45) is -4.99. The van der Waals surface area contributed by atoms with Crippen molar-refractivity contribution in [1.29, 1.82) is 0 Å². The van der Waals surface area contributed by atoms with E-state index in [1.54, 1.807) is 50.2 Å². The van der Waals surface area contributed by atoms with E-state index in [1.807, 2.05) is 6.92 Å². The van der Waals surface area contributed by atoms with Crippen LogP contribution in [-0.4, -0.2) is 12.1 Å².